The van der Waals surface area contributed by atoms with Crippen molar-refractivity contribution in [2.24, 2.45) is 0 Å². The number of rotatable bonds is 10. The molecule has 5 nitrogen and oxygen atoms in total. The van der Waals surface area contributed by atoms with E-state index in [9.17, 15) is 4.79 Å². The van der Waals surface area contributed by atoms with E-state index >= 15 is 0 Å². The van der Waals surface area contributed by atoms with Crippen molar-refractivity contribution in [3.8, 4) is 0 Å². The van der Waals surface area contributed by atoms with Crippen LogP contribution in [0.2, 0.25) is 0 Å². The minimum atomic E-state index is -0.242. The molecule has 0 amide bonds. The summed E-state index contributed by atoms with van der Waals surface area (Å²) >= 11 is 0. The van der Waals surface area contributed by atoms with Crippen molar-refractivity contribution in [3.63, 3.8) is 0 Å². The molecule has 1 aliphatic carbocycles. The zero-order chi connectivity index (χ0) is 13.4. The van der Waals surface area contributed by atoms with Crippen molar-refractivity contribution in [1.82, 2.24) is 5.32 Å². The van der Waals surface area contributed by atoms with E-state index < -0.39 is 0 Å². The van der Waals surface area contributed by atoms with Gasteiger partial charge < -0.3 is 19.5 Å². The Balaban J connectivity index is 2.07. The smallest absolute Gasteiger partial charge is 0.322 e. The number of hydrogen-bond acceptors (Lipinski definition) is 5. The summed E-state index contributed by atoms with van der Waals surface area (Å²) in [6.45, 7) is 5.69. The zero-order valence-corrected chi connectivity index (χ0v) is 11.6. The Hall–Kier alpha value is -0.650. The summed E-state index contributed by atoms with van der Waals surface area (Å²) in [6.07, 6.45) is 3.17. The highest BCUT2D eigenvalue weighted by Crippen LogP contribution is 2.20. The lowest BCUT2D eigenvalue weighted by Gasteiger charge is -2.16. The van der Waals surface area contributed by atoms with Gasteiger partial charge in [-0.25, -0.2) is 0 Å². The topological polar surface area (TPSA) is 56.8 Å². The molecule has 0 radical (unpaired) electrons. The lowest BCUT2D eigenvalue weighted by molar-refractivity contribution is -0.143. The predicted molar refractivity (Wildman–Crippen MR) is 68.5 cm³/mol. The summed E-state index contributed by atoms with van der Waals surface area (Å²) < 4.78 is 15.6. The summed E-state index contributed by atoms with van der Waals surface area (Å²) in [5.41, 5.74) is 0. The fourth-order valence-corrected chi connectivity index (χ4v) is 1.59. The molecule has 0 bridgehead atoms. The molecule has 0 aromatic rings. The summed E-state index contributed by atoms with van der Waals surface area (Å²) in [7, 11) is 1.42. The van der Waals surface area contributed by atoms with Gasteiger partial charge in [0, 0.05) is 12.6 Å². The van der Waals surface area contributed by atoms with E-state index in [1.165, 1.54) is 7.11 Å². The highest BCUT2D eigenvalue weighted by molar-refractivity contribution is 5.75. The fraction of sp³-hybridized carbons (Fsp3) is 0.923. The molecule has 1 saturated carbocycles. The molecule has 5 heteroatoms. The van der Waals surface area contributed by atoms with Gasteiger partial charge in [-0.3, -0.25) is 4.79 Å². The summed E-state index contributed by atoms with van der Waals surface area (Å²) in [5, 5.41) is 3.26. The molecule has 1 aliphatic rings. The molecule has 1 unspecified atom stereocenters. The molecular weight excluding hydrogens is 234 g/mol. The second-order valence-corrected chi connectivity index (χ2v) is 4.84. The molecular formula is C13H25NO4. The van der Waals surface area contributed by atoms with Crippen LogP contribution < -0.4 is 5.32 Å². The van der Waals surface area contributed by atoms with E-state index in [0.29, 0.717) is 32.3 Å². The van der Waals surface area contributed by atoms with Crippen LogP contribution in [0, 0.1) is 0 Å². The average molecular weight is 259 g/mol. The van der Waals surface area contributed by atoms with Crippen molar-refractivity contribution in [2.45, 2.75) is 51.3 Å². The van der Waals surface area contributed by atoms with Gasteiger partial charge in [0.05, 0.1) is 26.4 Å². The number of carbonyl (C=O) groups is 1. The van der Waals surface area contributed by atoms with Crippen molar-refractivity contribution in [3.05, 3.63) is 0 Å². The molecule has 0 saturated heterocycles. The molecule has 1 N–H and O–H groups in total. The first-order valence-corrected chi connectivity index (χ1v) is 6.66. The monoisotopic (exact) mass is 259 g/mol. The third-order valence-electron chi connectivity index (χ3n) is 2.73. The van der Waals surface area contributed by atoms with Gasteiger partial charge in [-0.05, 0) is 33.1 Å². The van der Waals surface area contributed by atoms with Crippen molar-refractivity contribution in [1.29, 1.82) is 0 Å². The molecule has 1 atom stereocenters. The zero-order valence-electron chi connectivity index (χ0n) is 11.6. The maximum absolute atomic E-state index is 11.5. The number of esters is 1. The van der Waals surface area contributed by atoms with Gasteiger partial charge in [0.25, 0.3) is 0 Å². The number of nitrogens with one attached hydrogen (secondary N) is 1. The summed E-state index contributed by atoms with van der Waals surface area (Å²) in [6, 6.07) is 0.242. The number of methoxy groups -OCH3 is 1. The van der Waals surface area contributed by atoms with Gasteiger partial charge in [0.15, 0.2) is 0 Å². The first-order valence-electron chi connectivity index (χ1n) is 6.66. The third kappa shape index (κ3) is 6.93. The van der Waals surface area contributed by atoms with Crippen LogP contribution in [0.25, 0.3) is 0 Å². The van der Waals surface area contributed by atoms with Crippen LogP contribution >= 0.6 is 0 Å². The lowest BCUT2D eigenvalue weighted by atomic mass is 10.2. The van der Waals surface area contributed by atoms with Crippen LogP contribution in [0.5, 0.6) is 0 Å². The van der Waals surface area contributed by atoms with Crippen LogP contribution in [-0.4, -0.2) is 51.1 Å². The minimum absolute atomic E-state index is 0.205. The molecule has 1 rings (SSSR count). The maximum Gasteiger partial charge on any atom is 0.322 e. The van der Waals surface area contributed by atoms with Crippen LogP contribution in [0.15, 0.2) is 0 Å². The fourth-order valence-electron chi connectivity index (χ4n) is 1.59. The quantitative estimate of drug-likeness (QED) is 0.470. The first kappa shape index (κ1) is 15.4. The third-order valence-corrected chi connectivity index (χ3v) is 2.73. The van der Waals surface area contributed by atoms with E-state index in [4.69, 9.17) is 14.2 Å². The second-order valence-electron chi connectivity index (χ2n) is 4.84. The van der Waals surface area contributed by atoms with E-state index in [0.717, 1.165) is 12.8 Å². The Morgan fingerprint density at radius 1 is 1.28 bits per heavy atom. The van der Waals surface area contributed by atoms with Crippen molar-refractivity contribution < 1.29 is 19.0 Å². The van der Waals surface area contributed by atoms with Crippen molar-refractivity contribution in [2.75, 3.05) is 26.9 Å². The van der Waals surface area contributed by atoms with E-state index in [2.05, 4.69) is 5.32 Å². The number of ether oxygens (including phenoxy) is 3. The van der Waals surface area contributed by atoms with Gasteiger partial charge in [-0.1, -0.05) is 0 Å². The van der Waals surface area contributed by atoms with Gasteiger partial charge >= 0.3 is 5.97 Å². The van der Waals surface area contributed by atoms with Crippen LogP contribution in [-0.2, 0) is 19.0 Å². The molecule has 0 aromatic carbocycles. The lowest BCUT2D eigenvalue weighted by Crippen LogP contribution is -2.39. The normalized spacial score (nSPS) is 16.9. The standard InChI is InChI=1S/C13H25NO4/c1-10(2)18-9-8-17-7-6-12(13(15)16-3)14-11-4-5-11/h10-12,14H,4-9H2,1-3H3. The molecule has 0 aromatic heterocycles. The largest absolute Gasteiger partial charge is 0.468 e. The molecule has 18 heavy (non-hydrogen) atoms. The Morgan fingerprint density at radius 2 is 2.00 bits per heavy atom. The van der Waals surface area contributed by atoms with Crippen LogP contribution in [0.4, 0.5) is 0 Å². The Morgan fingerprint density at radius 3 is 2.56 bits per heavy atom. The second kappa shape index (κ2) is 8.45. The maximum atomic E-state index is 11.5. The molecule has 0 aliphatic heterocycles. The molecule has 1 fully saturated rings. The van der Waals surface area contributed by atoms with Crippen molar-refractivity contribution >= 4 is 5.97 Å². The van der Waals surface area contributed by atoms with E-state index in [1.807, 2.05) is 13.8 Å². The molecule has 106 valence electrons. The average Bonchev–Trinajstić information content (AvgIpc) is 3.14. The van der Waals surface area contributed by atoms with Gasteiger partial charge in [0.2, 0.25) is 0 Å². The Labute approximate surface area is 109 Å². The Kier molecular flexibility index (Phi) is 7.23. The first-order chi connectivity index (χ1) is 8.63. The van der Waals surface area contributed by atoms with Crippen LogP contribution in [0.3, 0.4) is 0 Å². The van der Waals surface area contributed by atoms with Gasteiger partial charge in [-0.15, -0.1) is 0 Å². The van der Waals surface area contributed by atoms with Gasteiger partial charge in [0.1, 0.15) is 6.04 Å². The number of carbonyl (C=O) groups excluding carboxylic acids is 1. The number of hydrogen-bond donors (Lipinski definition) is 1. The summed E-state index contributed by atoms with van der Waals surface area (Å²) in [5.74, 6) is -0.205. The SMILES string of the molecule is COC(=O)C(CCOCCOC(C)C)NC1CC1. The minimum Gasteiger partial charge on any atom is -0.468 e. The summed E-state index contributed by atoms with van der Waals surface area (Å²) in [4.78, 5) is 11.5. The molecule has 0 heterocycles. The molecule has 0 spiro atoms. The van der Waals surface area contributed by atoms with Crippen LogP contribution in [0.1, 0.15) is 33.1 Å². The highest BCUT2D eigenvalue weighted by atomic mass is 16.5. The van der Waals surface area contributed by atoms with E-state index in [1.54, 1.807) is 0 Å². The van der Waals surface area contributed by atoms with E-state index in [-0.39, 0.29) is 18.1 Å². The van der Waals surface area contributed by atoms with Gasteiger partial charge in [-0.2, -0.15) is 0 Å². The highest BCUT2D eigenvalue weighted by Gasteiger charge is 2.28. The Bertz CT molecular complexity index is 241. The predicted octanol–water partition coefficient (Wildman–Crippen LogP) is 1.11.